The van der Waals surface area contributed by atoms with Crippen LogP contribution in [0.1, 0.15) is 5.56 Å². The quantitative estimate of drug-likeness (QED) is 0.530. The van der Waals surface area contributed by atoms with E-state index in [1.807, 2.05) is 6.07 Å². The summed E-state index contributed by atoms with van der Waals surface area (Å²) in [6.45, 7) is 3.91. The summed E-state index contributed by atoms with van der Waals surface area (Å²) in [6, 6.07) is 14.9. The number of halogens is 1. The molecule has 31 heavy (non-hydrogen) atoms. The number of aromatic nitrogens is 3. The van der Waals surface area contributed by atoms with Gasteiger partial charge < -0.3 is 14.9 Å². The van der Waals surface area contributed by atoms with Crippen molar-refractivity contribution in [3.05, 3.63) is 66.1 Å². The Kier molecular flexibility index (Phi) is 5.13. The van der Waals surface area contributed by atoms with Crippen LogP contribution in [-0.2, 0) is 6.61 Å². The van der Waals surface area contributed by atoms with Crippen LogP contribution in [0.5, 0.6) is 0 Å². The van der Waals surface area contributed by atoms with Crippen molar-refractivity contribution < 1.29 is 9.50 Å². The van der Waals surface area contributed by atoms with Gasteiger partial charge >= 0.3 is 0 Å². The lowest BCUT2D eigenvalue weighted by molar-refractivity contribution is 0.282. The van der Waals surface area contributed by atoms with Gasteiger partial charge in [-0.15, -0.1) is 0 Å². The molecule has 6 nitrogen and oxygen atoms in total. The molecule has 2 aromatic carbocycles. The maximum atomic E-state index is 14.5. The third-order valence-electron chi connectivity index (χ3n) is 5.98. The van der Waals surface area contributed by atoms with Gasteiger partial charge in [0.1, 0.15) is 11.5 Å². The Morgan fingerprint density at radius 1 is 1.06 bits per heavy atom. The van der Waals surface area contributed by atoms with E-state index in [0.29, 0.717) is 16.8 Å². The number of fused-ring (bicyclic) bond motifs is 1. The molecule has 1 aliphatic heterocycles. The van der Waals surface area contributed by atoms with Gasteiger partial charge in [0, 0.05) is 48.4 Å². The van der Waals surface area contributed by atoms with Crippen LogP contribution in [0.4, 0.5) is 10.1 Å². The summed E-state index contributed by atoms with van der Waals surface area (Å²) >= 11 is 0. The maximum Gasteiger partial charge on any atom is 0.132 e. The zero-order valence-electron chi connectivity index (χ0n) is 17.3. The van der Waals surface area contributed by atoms with Crippen molar-refractivity contribution in [2.24, 2.45) is 0 Å². The largest absolute Gasteiger partial charge is 0.392 e. The molecule has 5 rings (SSSR count). The number of nitrogens with zero attached hydrogens (tertiary/aromatic N) is 4. The number of H-pyrrole nitrogens is 1. The topological polar surface area (TPSA) is 68.3 Å². The van der Waals surface area contributed by atoms with Crippen LogP contribution in [0.2, 0.25) is 0 Å². The summed E-state index contributed by atoms with van der Waals surface area (Å²) in [6.07, 6.45) is 1.66. The molecule has 3 heterocycles. The molecule has 0 saturated carbocycles. The molecule has 2 N–H and O–H groups in total. The number of aliphatic hydroxyl groups is 1. The van der Waals surface area contributed by atoms with Crippen LogP contribution in [-0.4, -0.2) is 58.4 Å². The summed E-state index contributed by atoms with van der Waals surface area (Å²) in [5, 5.41) is 18.0. The number of rotatable bonds is 4. The second-order valence-electron chi connectivity index (χ2n) is 7.96. The fourth-order valence-electron chi connectivity index (χ4n) is 4.16. The van der Waals surface area contributed by atoms with E-state index in [-0.39, 0.29) is 6.61 Å². The first-order valence-electron chi connectivity index (χ1n) is 10.4. The van der Waals surface area contributed by atoms with Crippen LogP contribution < -0.4 is 4.90 Å². The first-order chi connectivity index (χ1) is 15.1. The van der Waals surface area contributed by atoms with Gasteiger partial charge in [0.25, 0.3) is 0 Å². The van der Waals surface area contributed by atoms with Gasteiger partial charge in [-0.2, -0.15) is 5.10 Å². The lowest BCUT2D eigenvalue weighted by Crippen LogP contribution is -2.44. The molecule has 0 amide bonds. The van der Waals surface area contributed by atoms with E-state index >= 15 is 0 Å². The summed E-state index contributed by atoms with van der Waals surface area (Å²) in [5.74, 6) is -0.403. The minimum atomic E-state index is -0.403. The van der Waals surface area contributed by atoms with Crippen LogP contribution in [0.25, 0.3) is 33.4 Å². The van der Waals surface area contributed by atoms with Gasteiger partial charge in [-0.05, 0) is 36.9 Å². The molecule has 0 spiro atoms. The van der Waals surface area contributed by atoms with Gasteiger partial charge in [-0.3, -0.25) is 10.1 Å². The maximum absolute atomic E-state index is 14.5. The van der Waals surface area contributed by atoms with E-state index in [1.165, 1.54) is 11.8 Å². The number of benzene rings is 2. The lowest BCUT2D eigenvalue weighted by Gasteiger charge is -2.34. The van der Waals surface area contributed by atoms with Crippen molar-refractivity contribution in [3.8, 4) is 22.5 Å². The summed E-state index contributed by atoms with van der Waals surface area (Å²) in [7, 11) is 2.15. The lowest BCUT2D eigenvalue weighted by atomic mass is 10.0. The predicted molar refractivity (Wildman–Crippen MR) is 120 cm³/mol. The van der Waals surface area contributed by atoms with E-state index in [4.69, 9.17) is 0 Å². The number of likely N-dealkylation sites (N-methyl/N-ethyl adjacent to an activating group) is 1. The average molecular weight is 417 g/mol. The first kappa shape index (κ1) is 19.7. The number of aliphatic hydroxyl groups excluding tert-OH is 1. The van der Waals surface area contributed by atoms with Crippen LogP contribution in [0.15, 0.2) is 54.7 Å². The SMILES string of the molecule is CN1CCN(c2ccc(-c3n[nH]c4cnc(-c5c(F)cccc5CO)cc34)cc2)CC1. The van der Waals surface area contributed by atoms with Gasteiger partial charge in [0.05, 0.1) is 24.0 Å². The summed E-state index contributed by atoms with van der Waals surface area (Å²) < 4.78 is 14.5. The Hall–Kier alpha value is -3.29. The second-order valence-corrected chi connectivity index (χ2v) is 7.96. The number of aromatic amines is 1. The minimum Gasteiger partial charge on any atom is -0.392 e. The smallest absolute Gasteiger partial charge is 0.132 e. The molecule has 2 aromatic heterocycles. The second kappa shape index (κ2) is 8.09. The number of hydrogen-bond donors (Lipinski definition) is 2. The van der Waals surface area contributed by atoms with Gasteiger partial charge in [0.15, 0.2) is 0 Å². The molecule has 0 unspecified atom stereocenters. The number of piperazine rings is 1. The third kappa shape index (κ3) is 3.66. The fraction of sp³-hybridized carbons (Fsp3) is 0.250. The highest BCUT2D eigenvalue weighted by Gasteiger charge is 2.17. The molecule has 158 valence electrons. The van der Waals surface area contributed by atoms with Crippen molar-refractivity contribution in [2.45, 2.75) is 6.61 Å². The van der Waals surface area contributed by atoms with E-state index < -0.39 is 5.82 Å². The fourth-order valence-corrected chi connectivity index (χ4v) is 4.16. The Labute approximate surface area is 180 Å². The van der Waals surface area contributed by atoms with Crippen LogP contribution in [0.3, 0.4) is 0 Å². The Bertz CT molecular complexity index is 1210. The molecule has 4 aromatic rings. The molecule has 0 atom stereocenters. The van der Waals surface area contributed by atoms with E-state index in [2.05, 4.69) is 56.3 Å². The van der Waals surface area contributed by atoms with Crippen molar-refractivity contribution in [1.82, 2.24) is 20.1 Å². The van der Waals surface area contributed by atoms with Gasteiger partial charge in [0.2, 0.25) is 0 Å². The predicted octanol–water partition coefficient (Wildman–Crippen LogP) is 3.68. The number of pyridine rings is 1. The van der Waals surface area contributed by atoms with Gasteiger partial charge in [-0.25, -0.2) is 4.39 Å². The summed E-state index contributed by atoms with van der Waals surface area (Å²) in [5.41, 5.74) is 5.08. The number of anilines is 1. The van der Waals surface area contributed by atoms with Crippen LogP contribution in [0, 0.1) is 5.82 Å². The minimum absolute atomic E-state index is 0.251. The first-order valence-corrected chi connectivity index (χ1v) is 10.4. The molecular formula is C24H24FN5O. The normalized spacial score (nSPS) is 15.0. The standard InChI is InChI=1S/C24H24FN5O/c1-29-9-11-30(12-10-29)18-7-5-16(6-8-18)24-19-13-21(26-14-22(19)27-28-24)23-17(15-31)3-2-4-20(23)25/h2-8,13-14,31H,9-12,15H2,1H3,(H,27,28). The monoisotopic (exact) mass is 417 g/mol. The zero-order valence-corrected chi connectivity index (χ0v) is 17.3. The van der Waals surface area contributed by atoms with Crippen molar-refractivity contribution >= 4 is 16.6 Å². The summed E-state index contributed by atoms with van der Waals surface area (Å²) in [4.78, 5) is 9.13. The van der Waals surface area contributed by atoms with Crippen LogP contribution >= 0.6 is 0 Å². The Morgan fingerprint density at radius 3 is 2.58 bits per heavy atom. The van der Waals surface area contributed by atoms with E-state index in [0.717, 1.165) is 48.3 Å². The van der Waals surface area contributed by atoms with Crippen molar-refractivity contribution in [1.29, 1.82) is 0 Å². The van der Waals surface area contributed by atoms with Crippen molar-refractivity contribution in [2.75, 3.05) is 38.1 Å². The Balaban J connectivity index is 1.51. The van der Waals surface area contributed by atoms with E-state index in [9.17, 15) is 9.50 Å². The molecular weight excluding hydrogens is 393 g/mol. The Morgan fingerprint density at radius 2 is 1.84 bits per heavy atom. The molecule has 1 aliphatic rings. The van der Waals surface area contributed by atoms with Crippen molar-refractivity contribution in [3.63, 3.8) is 0 Å². The highest BCUT2D eigenvalue weighted by molar-refractivity contribution is 5.94. The third-order valence-corrected chi connectivity index (χ3v) is 5.98. The molecule has 7 heteroatoms. The van der Waals surface area contributed by atoms with E-state index in [1.54, 1.807) is 18.3 Å². The number of nitrogens with one attached hydrogen (secondary N) is 1. The molecule has 1 saturated heterocycles. The van der Waals surface area contributed by atoms with Gasteiger partial charge in [-0.1, -0.05) is 24.3 Å². The zero-order chi connectivity index (χ0) is 21.4. The average Bonchev–Trinajstić information content (AvgIpc) is 3.23. The number of hydrogen-bond acceptors (Lipinski definition) is 5. The molecule has 1 fully saturated rings. The molecule has 0 radical (unpaired) electrons. The highest BCUT2D eigenvalue weighted by Crippen LogP contribution is 2.32. The molecule has 0 bridgehead atoms. The highest BCUT2D eigenvalue weighted by atomic mass is 19.1. The molecule has 0 aliphatic carbocycles.